The van der Waals surface area contributed by atoms with Crippen LogP contribution in [-0.4, -0.2) is 39.8 Å². The van der Waals surface area contributed by atoms with Crippen LogP contribution in [0.25, 0.3) is 5.69 Å². The maximum atomic E-state index is 13.7. The summed E-state index contributed by atoms with van der Waals surface area (Å²) in [7, 11) is 1.69. The van der Waals surface area contributed by atoms with Gasteiger partial charge in [0.25, 0.3) is 0 Å². The highest BCUT2D eigenvalue weighted by Crippen LogP contribution is 2.39. The van der Waals surface area contributed by atoms with E-state index < -0.39 is 5.82 Å². The summed E-state index contributed by atoms with van der Waals surface area (Å²) in [4.78, 5) is 6.73. The average Bonchev–Trinajstić information content (AvgIpc) is 3.35. The Morgan fingerprint density at radius 3 is 2.83 bits per heavy atom. The van der Waals surface area contributed by atoms with Crippen LogP contribution in [0.1, 0.15) is 29.9 Å². The summed E-state index contributed by atoms with van der Waals surface area (Å²) in [5.41, 5.74) is 2.71. The zero-order valence-electron chi connectivity index (χ0n) is 16.5. The molecule has 1 aromatic carbocycles. The Morgan fingerprint density at radius 1 is 1.23 bits per heavy atom. The van der Waals surface area contributed by atoms with Gasteiger partial charge in [-0.2, -0.15) is 0 Å². The highest BCUT2D eigenvalue weighted by molar-refractivity contribution is 7.80. The molecule has 2 aromatic heterocycles. The van der Waals surface area contributed by atoms with Crippen molar-refractivity contribution in [2.75, 3.05) is 20.3 Å². The number of hydrogen-bond donors (Lipinski definition) is 1. The molecular formula is C22H22ClFN4OS. The van der Waals surface area contributed by atoms with Crippen LogP contribution in [-0.2, 0) is 4.74 Å². The number of nitrogens with zero attached hydrogens (tertiary/aromatic N) is 3. The second kappa shape index (κ2) is 9.12. The number of ether oxygens (including phenoxy) is 1. The van der Waals surface area contributed by atoms with Gasteiger partial charge in [-0.15, -0.1) is 0 Å². The number of rotatable bonds is 7. The molecule has 1 saturated heterocycles. The van der Waals surface area contributed by atoms with Gasteiger partial charge in [0.15, 0.2) is 5.11 Å². The number of nitrogens with one attached hydrogen (secondary N) is 1. The minimum Gasteiger partial charge on any atom is -0.385 e. The van der Waals surface area contributed by atoms with Gasteiger partial charge in [0.1, 0.15) is 5.82 Å². The number of aromatic nitrogens is 2. The molecule has 8 heteroatoms. The van der Waals surface area contributed by atoms with Crippen LogP contribution in [0.3, 0.4) is 0 Å². The van der Waals surface area contributed by atoms with Crippen molar-refractivity contribution in [1.82, 2.24) is 19.8 Å². The molecule has 0 saturated carbocycles. The third-order valence-electron chi connectivity index (χ3n) is 5.21. The van der Waals surface area contributed by atoms with Crippen molar-refractivity contribution < 1.29 is 9.13 Å². The molecule has 1 aliphatic heterocycles. The van der Waals surface area contributed by atoms with Gasteiger partial charge in [-0.05, 0) is 61.1 Å². The number of hydrogen-bond acceptors (Lipinski definition) is 3. The zero-order chi connectivity index (χ0) is 21.1. The van der Waals surface area contributed by atoms with E-state index in [1.807, 2.05) is 35.0 Å². The highest BCUT2D eigenvalue weighted by atomic mass is 35.5. The number of halogens is 2. The molecule has 1 N–H and O–H groups in total. The third kappa shape index (κ3) is 4.05. The van der Waals surface area contributed by atoms with Crippen molar-refractivity contribution >= 4 is 28.9 Å². The van der Waals surface area contributed by atoms with Gasteiger partial charge in [0, 0.05) is 44.0 Å². The van der Waals surface area contributed by atoms with Crippen LogP contribution in [0, 0.1) is 5.82 Å². The van der Waals surface area contributed by atoms with Gasteiger partial charge in [-0.25, -0.2) is 4.39 Å². The third-order valence-corrected chi connectivity index (χ3v) is 5.85. The van der Waals surface area contributed by atoms with Crippen LogP contribution < -0.4 is 5.32 Å². The summed E-state index contributed by atoms with van der Waals surface area (Å²) in [6.45, 7) is 1.39. The minimum atomic E-state index is -0.439. The molecule has 1 aliphatic rings. The predicted molar refractivity (Wildman–Crippen MR) is 119 cm³/mol. The summed E-state index contributed by atoms with van der Waals surface area (Å²) in [6.07, 6.45) is 4.57. The summed E-state index contributed by atoms with van der Waals surface area (Å²) in [6, 6.07) is 14.4. The van der Waals surface area contributed by atoms with Gasteiger partial charge in [0.05, 0.1) is 22.8 Å². The molecule has 0 amide bonds. The number of thiocarbonyl (C=S) groups is 1. The fourth-order valence-corrected chi connectivity index (χ4v) is 4.36. The van der Waals surface area contributed by atoms with Crippen LogP contribution >= 0.6 is 23.8 Å². The molecule has 5 nitrogen and oxygen atoms in total. The Morgan fingerprint density at radius 2 is 2.10 bits per heavy atom. The van der Waals surface area contributed by atoms with Crippen molar-refractivity contribution in [3.05, 3.63) is 83.2 Å². The number of methoxy groups -OCH3 is 1. The van der Waals surface area contributed by atoms with E-state index >= 15 is 0 Å². The maximum absolute atomic E-state index is 13.7. The maximum Gasteiger partial charge on any atom is 0.170 e. The molecule has 0 spiro atoms. The summed E-state index contributed by atoms with van der Waals surface area (Å²) >= 11 is 11.7. The smallest absolute Gasteiger partial charge is 0.170 e. The minimum absolute atomic E-state index is 0.0884. The SMILES string of the molecule is COCCCN1C(=S)N[C@@H](c2ccccn2)[C@@H]1c1cccn1-c1ccc(F)c(Cl)c1. The van der Waals surface area contributed by atoms with E-state index in [0.717, 1.165) is 30.0 Å². The molecule has 0 radical (unpaired) electrons. The lowest BCUT2D eigenvalue weighted by atomic mass is 10.0. The van der Waals surface area contributed by atoms with Crippen molar-refractivity contribution in [3.8, 4) is 5.69 Å². The Hall–Kier alpha value is -2.48. The predicted octanol–water partition coefficient (Wildman–Crippen LogP) is 4.67. The van der Waals surface area contributed by atoms with E-state index in [0.29, 0.717) is 11.7 Å². The fraction of sp³-hybridized carbons (Fsp3) is 0.273. The van der Waals surface area contributed by atoms with Gasteiger partial charge in [-0.1, -0.05) is 17.7 Å². The zero-order valence-corrected chi connectivity index (χ0v) is 18.0. The molecule has 4 rings (SSSR count). The van der Waals surface area contributed by atoms with E-state index in [1.54, 1.807) is 25.4 Å². The molecule has 0 aliphatic carbocycles. The molecule has 156 valence electrons. The quantitative estimate of drug-likeness (QED) is 0.423. The average molecular weight is 445 g/mol. The lowest BCUT2D eigenvalue weighted by Crippen LogP contribution is -2.32. The van der Waals surface area contributed by atoms with E-state index in [-0.39, 0.29) is 17.1 Å². The highest BCUT2D eigenvalue weighted by Gasteiger charge is 2.40. The van der Waals surface area contributed by atoms with E-state index in [2.05, 4.69) is 21.3 Å². The topological polar surface area (TPSA) is 42.3 Å². The Balaban J connectivity index is 1.76. The second-order valence-corrected chi connectivity index (χ2v) is 7.86. The molecule has 0 bridgehead atoms. The standard InChI is InChI=1S/C22H22ClFN4OS/c1-29-13-5-12-28-21(20(26-22(28)30)18-6-2-3-10-25-18)19-7-4-11-27(19)15-8-9-17(24)16(23)14-15/h2-4,6-11,14,20-21H,5,12-13H2,1H3,(H,26,30)/t20-,21-/m0/s1. The molecule has 30 heavy (non-hydrogen) atoms. The van der Waals surface area contributed by atoms with Crippen LogP contribution in [0.15, 0.2) is 60.9 Å². The monoisotopic (exact) mass is 444 g/mol. The Bertz CT molecular complexity index is 1030. The molecule has 3 aromatic rings. The first-order valence-corrected chi connectivity index (χ1v) is 10.5. The fourth-order valence-electron chi connectivity index (χ4n) is 3.85. The van der Waals surface area contributed by atoms with E-state index in [9.17, 15) is 4.39 Å². The molecule has 3 heterocycles. The van der Waals surface area contributed by atoms with Gasteiger partial charge >= 0.3 is 0 Å². The van der Waals surface area contributed by atoms with Crippen molar-refractivity contribution in [2.24, 2.45) is 0 Å². The van der Waals surface area contributed by atoms with Gasteiger partial charge < -0.3 is 19.5 Å². The van der Waals surface area contributed by atoms with Crippen LogP contribution in [0.5, 0.6) is 0 Å². The van der Waals surface area contributed by atoms with E-state index in [1.165, 1.54) is 6.07 Å². The lowest BCUT2D eigenvalue weighted by Gasteiger charge is -2.29. The molecular weight excluding hydrogens is 423 g/mol. The van der Waals surface area contributed by atoms with Gasteiger partial charge in [-0.3, -0.25) is 4.98 Å². The van der Waals surface area contributed by atoms with Gasteiger partial charge in [0.2, 0.25) is 0 Å². The normalized spacial score (nSPS) is 18.6. The Labute approximate surface area is 185 Å². The molecule has 0 unspecified atom stereocenters. The van der Waals surface area contributed by atoms with Crippen molar-refractivity contribution in [1.29, 1.82) is 0 Å². The second-order valence-electron chi connectivity index (χ2n) is 7.07. The molecule has 2 atom stereocenters. The first kappa shape index (κ1) is 20.8. The number of benzene rings is 1. The summed E-state index contributed by atoms with van der Waals surface area (Å²) in [5, 5.41) is 4.21. The molecule has 1 fully saturated rings. The van der Waals surface area contributed by atoms with Crippen LogP contribution in [0.2, 0.25) is 5.02 Å². The van der Waals surface area contributed by atoms with Crippen LogP contribution in [0.4, 0.5) is 4.39 Å². The first-order chi connectivity index (χ1) is 14.6. The van der Waals surface area contributed by atoms with E-state index in [4.69, 9.17) is 28.6 Å². The van der Waals surface area contributed by atoms with Crippen molar-refractivity contribution in [2.45, 2.75) is 18.5 Å². The van der Waals surface area contributed by atoms with Crippen molar-refractivity contribution in [3.63, 3.8) is 0 Å². The first-order valence-electron chi connectivity index (χ1n) is 9.70. The lowest BCUT2D eigenvalue weighted by molar-refractivity contribution is 0.180. The summed E-state index contributed by atoms with van der Waals surface area (Å²) < 4.78 is 21.0. The Kier molecular flexibility index (Phi) is 6.32. The summed E-state index contributed by atoms with van der Waals surface area (Å²) in [5.74, 6) is -0.439. The number of pyridine rings is 1. The largest absolute Gasteiger partial charge is 0.385 e.